The third-order valence-corrected chi connectivity index (χ3v) is 5.71. The molecule has 0 amide bonds. The minimum absolute atomic E-state index is 0.0616. The van der Waals surface area contributed by atoms with E-state index in [0.717, 1.165) is 12.1 Å². The van der Waals surface area contributed by atoms with Gasteiger partial charge >= 0.3 is 5.97 Å². The summed E-state index contributed by atoms with van der Waals surface area (Å²) in [5.74, 6) is -1.58. The fourth-order valence-electron chi connectivity index (χ4n) is 4.43. The van der Waals surface area contributed by atoms with Gasteiger partial charge in [-0.05, 0) is 25.2 Å². The van der Waals surface area contributed by atoms with Gasteiger partial charge in [0, 0.05) is 41.6 Å². The van der Waals surface area contributed by atoms with E-state index in [1.165, 1.54) is 6.07 Å². The predicted molar refractivity (Wildman–Crippen MR) is 119 cm³/mol. The van der Waals surface area contributed by atoms with Crippen LogP contribution in [0.3, 0.4) is 0 Å². The molecule has 8 nitrogen and oxygen atoms in total. The summed E-state index contributed by atoms with van der Waals surface area (Å²) in [5, 5.41) is 15.0. The molecule has 1 heterocycles. The Kier molecular flexibility index (Phi) is 7.13. The Hall–Kier alpha value is -3.00. The molecule has 0 bridgehead atoms. The summed E-state index contributed by atoms with van der Waals surface area (Å²) in [4.78, 5) is 37.7. The highest BCUT2D eigenvalue weighted by molar-refractivity contribution is 6.04. The van der Waals surface area contributed by atoms with Gasteiger partial charge in [-0.25, -0.2) is 4.79 Å². The second-order valence-electron chi connectivity index (χ2n) is 8.99. The first-order valence-corrected chi connectivity index (χ1v) is 10.9. The summed E-state index contributed by atoms with van der Waals surface area (Å²) in [5.41, 5.74) is 1.83. The van der Waals surface area contributed by atoms with Crippen molar-refractivity contribution in [2.75, 3.05) is 19.8 Å². The highest BCUT2D eigenvalue weighted by Gasteiger charge is 2.44. The molecule has 0 spiro atoms. The smallest absolute Gasteiger partial charge is 0.336 e. The number of ether oxygens (including phenoxy) is 2. The molecular formula is C24H30N2O6. The van der Waals surface area contributed by atoms with Crippen LogP contribution in [0.2, 0.25) is 0 Å². The average Bonchev–Trinajstić information content (AvgIpc) is 2.71. The van der Waals surface area contributed by atoms with E-state index in [2.05, 4.69) is 5.32 Å². The second kappa shape index (κ2) is 9.65. The molecule has 1 aromatic carbocycles. The number of dihydropyridines is 1. The maximum Gasteiger partial charge on any atom is 0.336 e. The predicted octanol–water partition coefficient (Wildman–Crippen LogP) is 4.17. The van der Waals surface area contributed by atoms with Crippen molar-refractivity contribution in [1.82, 2.24) is 5.32 Å². The number of nitrogens with one attached hydrogen (secondary N) is 1. The van der Waals surface area contributed by atoms with Crippen LogP contribution in [-0.4, -0.2) is 36.5 Å². The lowest BCUT2D eigenvalue weighted by molar-refractivity contribution is -0.385. The number of nitro benzene ring substituents is 1. The van der Waals surface area contributed by atoms with Crippen molar-refractivity contribution in [3.63, 3.8) is 0 Å². The van der Waals surface area contributed by atoms with Crippen molar-refractivity contribution >= 4 is 17.4 Å². The van der Waals surface area contributed by atoms with E-state index in [-0.39, 0.29) is 35.7 Å². The van der Waals surface area contributed by atoms with Gasteiger partial charge < -0.3 is 14.8 Å². The number of carbonyl (C=O) groups excluding carboxylic acids is 2. The molecule has 32 heavy (non-hydrogen) atoms. The van der Waals surface area contributed by atoms with Gasteiger partial charge in [0.1, 0.15) is 6.61 Å². The molecular weight excluding hydrogens is 412 g/mol. The number of nitro groups is 1. The largest absolute Gasteiger partial charge is 0.460 e. The normalized spacial score (nSPS) is 20.0. The van der Waals surface area contributed by atoms with Crippen molar-refractivity contribution in [2.45, 2.75) is 52.9 Å². The summed E-state index contributed by atoms with van der Waals surface area (Å²) in [6.45, 7) is 8.63. The van der Waals surface area contributed by atoms with Gasteiger partial charge in [-0.15, -0.1) is 0 Å². The fraction of sp³-hybridized carbons (Fsp3) is 0.500. The molecule has 0 saturated heterocycles. The molecule has 1 atom stereocenters. The zero-order chi connectivity index (χ0) is 23.5. The van der Waals surface area contributed by atoms with Gasteiger partial charge in [-0.2, -0.15) is 0 Å². The van der Waals surface area contributed by atoms with Crippen LogP contribution in [0.4, 0.5) is 5.69 Å². The number of benzene rings is 1. The number of ketones is 1. The first kappa shape index (κ1) is 23.7. The Morgan fingerprint density at radius 2 is 1.94 bits per heavy atom. The molecule has 0 aromatic heterocycles. The highest BCUT2D eigenvalue weighted by Crippen LogP contribution is 2.48. The molecule has 3 rings (SSSR count). The lowest BCUT2D eigenvalue weighted by Gasteiger charge is -2.39. The average molecular weight is 443 g/mol. The quantitative estimate of drug-likeness (QED) is 0.279. The van der Waals surface area contributed by atoms with Crippen molar-refractivity contribution in [3.05, 3.63) is 62.5 Å². The number of esters is 1. The van der Waals surface area contributed by atoms with Gasteiger partial charge in [0.2, 0.25) is 0 Å². The Morgan fingerprint density at radius 1 is 1.22 bits per heavy atom. The Balaban J connectivity index is 2.05. The molecule has 0 saturated carbocycles. The Bertz CT molecular complexity index is 992. The van der Waals surface area contributed by atoms with E-state index in [1.807, 2.05) is 20.8 Å². The van der Waals surface area contributed by atoms with Crippen LogP contribution in [0.25, 0.3) is 0 Å². The number of hydrogen-bond donors (Lipinski definition) is 1. The van der Waals surface area contributed by atoms with Crippen LogP contribution in [0.1, 0.15) is 58.4 Å². The molecule has 0 radical (unpaired) electrons. The van der Waals surface area contributed by atoms with Crippen molar-refractivity contribution in [3.8, 4) is 0 Å². The minimum Gasteiger partial charge on any atom is -0.460 e. The molecule has 2 aliphatic rings. The van der Waals surface area contributed by atoms with E-state index in [1.54, 1.807) is 25.1 Å². The molecule has 8 heteroatoms. The lowest BCUT2D eigenvalue weighted by atomic mass is 9.68. The molecule has 1 aromatic rings. The molecule has 1 aliphatic heterocycles. The maximum atomic E-state index is 13.3. The number of rotatable bonds is 8. The van der Waals surface area contributed by atoms with Crippen molar-refractivity contribution < 1.29 is 24.0 Å². The standard InChI is InChI=1S/C24H30N2O6/c1-5-10-31-11-12-32-23(28)20-15(2)25-17-13-24(3,4)14-19(27)22(17)21(20)16-8-6-7-9-18(16)26(29)30/h6-9,21,25H,5,10-14H2,1-4H3. The molecule has 1 aliphatic carbocycles. The summed E-state index contributed by atoms with van der Waals surface area (Å²) < 4.78 is 10.8. The first-order chi connectivity index (χ1) is 15.2. The van der Waals surface area contributed by atoms with Crippen molar-refractivity contribution in [2.24, 2.45) is 5.41 Å². The lowest BCUT2D eigenvalue weighted by Crippen LogP contribution is -2.39. The molecule has 1 unspecified atom stereocenters. The third-order valence-electron chi connectivity index (χ3n) is 5.71. The van der Waals surface area contributed by atoms with E-state index < -0.39 is 16.8 Å². The zero-order valence-electron chi connectivity index (χ0n) is 19.0. The first-order valence-electron chi connectivity index (χ1n) is 10.9. The van der Waals surface area contributed by atoms with Crippen LogP contribution in [0.15, 0.2) is 46.8 Å². The zero-order valence-corrected chi connectivity index (χ0v) is 19.0. The minimum atomic E-state index is -0.861. The monoisotopic (exact) mass is 442 g/mol. The number of para-hydroxylation sites is 1. The molecule has 172 valence electrons. The fourth-order valence-corrected chi connectivity index (χ4v) is 4.43. The van der Waals surface area contributed by atoms with Crippen LogP contribution >= 0.6 is 0 Å². The van der Waals surface area contributed by atoms with Gasteiger partial charge in [-0.3, -0.25) is 14.9 Å². The number of hydrogen-bond acceptors (Lipinski definition) is 7. The van der Waals surface area contributed by atoms with E-state index >= 15 is 0 Å². The Labute approximate surface area is 187 Å². The van der Waals surface area contributed by atoms with E-state index in [0.29, 0.717) is 36.3 Å². The third kappa shape index (κ3) is 4.91. The molecule has 1 N–H and O–H groups in total. The maximum absolute atomic E-state index is 13.3. The number of nitrogens with zero attached hydrogens (tertiary/aromatic N) is 1. The van der Waals surface area contributed by atoms with Crippen molar-refractivity contribution in [1.29, 1.82) is 0 Å². The summed E-state index contributed by atoms with van der Waals surface area (Å²) in [7, 11) is 0. The van der Waals surface area contributed by atoms with Crippen LogP contribution in [0, 0.1) is 15.5 Å². The highest BCUT2D eigenvalue weighted by atomic mass is 16.6. The summed E-state index contributed by atoms with van der Waals surface area (Å²) in [6.07, 6.45) is 1.77. The molecule has 0 fully saturated rings. The van der Waals surface area contributed by atoms with Gasteiger partial charge in [0.05, 0.1) is 23.0 Å². The van der Waals surface area contributed by atoms with E-state index in [9.17, 15) is 19.7 Å². The van der Waals surface area contributed by atoms with Gasteiger partial charge in [-0.1, -0.05) is 39.0 Å². The topological polar surface area (TPSA) is 108 Å². The second-order valence-corrected chi connectivity index (χ2v) is 8.99. The van der Waals surface area contributed by atoms with Gasteiger partial charge in [0.15, 0.2) is 5.78 Å². The Morgan fingerprint density at radius 3 is 2.62 bits per heavy atom. The number of Topliss-reactive ketones (excluding diaryl/α,β-unsaturated/α-hetero) is 1. The number of allylic oxidation sites excluding steroid dienone is 3. The summed E-state index contributed by atoms with van der Waals surface area (Å²) >= 11 is 0. The summed E-state index contributed by atoms with van der Waals surface area (Å²) in [6, 6.07) is 6.25. The van der Waals surface area contributed by atoms with E-state index in [4.69, 9.17) is 9.47 Å². The van der Waals surface area contributed by atoms with Crippen LogP contribution in [-0.2, 0) is 19.1 Å². The van der Waals surface area contributed by atoms with Crippen LogP contribution in [0.5, 0.6) is 0 Å². The van der Waals surface area contributed by atoms with Gasteiger partial charge in [0.25, 0.3) is 5.69 Å². The van der Waals surface area contributed by atoms with Crippen LogP contribution < -0.4 is 5.32 Å². The SMILES string of the molecule is CCCOCCOC(=O)C1=C(C)NC2=C(C(=O)CC(C)(C)C2)C1c1ccccc1[N+](=O)[O-]. The number of carbonyl (C=O) groups is 2.